The fourth-order valence-corrected chi connectivity index (χ4v) is 4.59. The molecule has 0 saturated heterocycles. The van der Waals surface area contributed by atoms with Crippen molar-refractivity contribution in [2.45, 2.75) is 31.4 Å². The average molecular weight is 463 g/mol. The molecule has 0 fully saturated rings. The largest absolute Gasteiger partial charge is 0.481 e. The molecule has 164 valence electrons. The molecule has 0 spiro atoms. The zero-order valence-corrected chi connectivity index (χ0v) is 18.9. The summed E-state index contributed by atoms with van der Waals surface area (Å²) in [5.41, 5.74) is 0.577. The summed E-state index contributed by atoms with van der Waals surface area (Å²) >= 11 is 1.11. The van der Waals surface area contributed by atoms with Crippen molar-refractivity contribution in [3.63, 3.8) is 0 Å². The van der Waals surface area contributed by atoms with Gasteiger partial charge in [-0.05, 0) is 44.2 Å². The maximum atomic E-state index is 12.7. The van der Waals surface area contributed by atoms with E-state index in [-0.39, 0.29) is 22.8 Å². The number of esters is 1. The van der Waals surface area contributed by atoms with Crippen LogP contribution >= 0.6 is 11.3 Å². The van der Waals surface area contributed by atoms with E-state index in [0.29, 0.717) is 16.0 Å². The van der Waals surface area contributed by atoms with E-state index in [2.05, 4.69) is 4.99 Å². The number of para-hydroxylation sites is 1. The topological polar surface area (TPSA) is 104 Å². The van der Waals surface area contributed by atoms with Gasteiger partial charge < -0.3 is 14.0 Å². The molecule has 31 heavy (non-hydrogen) atoms. The molecule has 0 aliphatic heterocycles. The minimum atomic E-state index is -3.41. The van der Waals surface area contributed by atoms with Crippen molar-refractivity contribution in [1.82, 2.24) is 4.57 Å². The number of thiazole rings is 1. The van der Waals surface area contributed by atoms with E-state index < -0.39 is 27.8 Å². The molecule has 1 amide bonds. The van der Waals surface area contributed by atoms with Crippen molar-refractivity contribution in [3.05, 3.63) is 53.3 Å². The normalized spacial score (nSPS) is 13.2. The van der Waals surface area contributed by atoms with Crippen LogP contribution in [0.15, 0.2) is 58.4 Å². The number of fused-ring (bicyclic) bond motifs is 1. The number of benzene rings is 2. The van der Waals surface area contributed by atoms with E-state index >= 15 is 0 Å². The van der Waals surface area contributed by atoms with Crippen LogP contribution in [-0.2, 0) is 30.7 Å². The fourth-order valence-electron chi connectivity index (χ4n) is 2.80. The van der Waals surface area contributed by atoms with Crippen LogP contribution in [0.2, 0.25) is 0 Å². The molecule has 3 rings (SSSR count). The van der Waals surface area contributed by atoms with Gasteiger partial charge in [0.05, 0.1) is 21.7 Å². The smallest absolute Gasteiger partial charge is 0.326 e. The standard InChI is InChI=1S/C21H22N2O6S2/c1-4-28-19(24)13-23-17-11-10-16(31(3,26)27)12-18(17)30-21(23)22-20(25)14(2)29-15-8-6-5-7-9-15/h5-12,14H,4,13H2,1-3H3. The van der Waals surface area contributed by atoms with Crippen molar-refractivity contribution >= 4 is 43.3 Å². The Balaban J connectivity index is 2.03. The van der Waals surface area contributed by atoms with E-state index in [1.165, 1.54) is 16.7 Å². The molecule has 3 aromatic rings. The molecule has 0 radical (unpaired) electrons. The van der Waals surface area contributed by atoms with Gasteiger partial charge in [0.15, 0.2) is 20.7 Å². The van der Waals surface area contributed by atoms with Crippen LogP contribution in [0.1, 0.15) is 13.8 Å². The lowest BCUT2D eigenvalue weighted by molar-refractivity contribution is -0.143. The van der Waals surface area contributed by atoms with Gasteiger partial charge in [-0.25, -0.2) is 8.42 Å². The van der Waals surface area contributed by atoms with Crippen molar-refractivity contribution in [1.29, 1.82) is 0 Å². The first-order valence-electron chi connectivity index (χ1n) is 9.48. The summed E-state index contributed by atoms with van der Waals surface area (Å²) in [7, 11) is -3.41. The molecule has 1 aromatic heterocycles. The molecule has 1 unspecified atom stereocenters. The van der Waals surface area contributed by atoms with Crippen molar-refractivity contribution in [2.24, 2.45) is 4.99 Å². The molecule has 10 heteroatoms. The Labute approximate surface area is 183 Å². The number of hydrogen-bond acceptors (Lipinski definition) is 7. The first kappa shape index (κ1) is 22.7. The van der Waals surface area contributed by atoms with Gasteiger partial charge in [-0.1, -0.05) is 29.5 Å². The summed E-state index contributed by atoms with van der Waals surface area (Å²) < 4.78 is 36.6. The molecule has 0 bridgehead atoms. The van der Waals surface area contributed by atoms with Gasteiger partial charge >= 0.3 is 5.97 Å². The maximum absolute atomic E-state index is 12.7. The van der Waals surface area contributed by atoms with Crippen LogP contribution in [0, 0.1) is 0 Å². The molecule has 8 nitrogen and oxygen atoms in total. The number of carbonyl (C=O) groups excluding carboxylic acids is 2. The molecular formula is C21H22N2O6S2. The second-order valence-corrected chi connectivity index (χ2v) is 9.73. The predicted molar refractivity (Wildman–Crippen MR) is 117 cm³/mol. The first-order chi connectivity index (χ1) is 14.7. The minimum absolute atomic E-state index is 0.142. The van der Waals surface area contributed by atoms with Crippen molar-refractivity contribution < 1.29 is 27.5 Å². The number of ether oxygens (including phenoxy) is 2. The van der Waals surface area contributed by atoms with E-state index in [1.807, 2.05) is 6.07 Å². The third kappa shape index (κ3) is 5.59. The Kier molecular flexibility index (Phi) is 6.91. The molecular weight excluding hydrogens is 440 g/mol. The van der Waals surface area contributed by atoms with E-state index in [4.69, 9.17) is 9.47 Å². The highest BCUT2D eigenvalue weighted by Crippen LogP contribution is 2.22. The monoisotopic (exact) mass is 462 g/mol. The van der Waals surface area contributed by atoms with Gasteiger partial charge in [0.25, 0.3) is 5.91 Å². The lowest BCUT2D eigenvalue weighted by Crippen LogP contribution is -2.27. The van der Waals surface area contributed by atoms with E-state index in [1.54, 1.807) is 44.2 Å². The lowest BCUT2D eigenvalue weighted by atomic mass is 10.3. The van der Waals surface area contributed by atoms with Crippen molar-refractivity contribution in [3.8, 4) is 5.75 Å². The molecule has 0 N–H and O–H groups in total. The zero-order chi connectivity index (χ0) is 22.6. The van der Waals surface area contributed by atoms with Gasteiger partial charge in [0, 0.05) is 6.26 Å². The Hall–Kier alpha value is -2.98. The summed E-state index contributed by atoms with van der Waals surface area (Å²) in [6, 6.07) is 13.4. The number of hydrogen-bond donors (Lipinski definition) is 0. The van der Waals surface area contributed by atoms with Crippen LogP contribution in [-0.4, -0.2) is 43.8 Å². The van der Waals surface area contributed by atoms with E-state index in [9.17, 15) is 18.0 Å². The van der Waals surface area contributed by atoms with Gasteiger partial charge in [0.2, 0.25) is 0 Å². The van der Waals surface area contributed by atoms with Crippen LogP contribution in [0.3, 0.4) is 0 Å². The third-order valence-electron chi connectivity index (χ3n) is 4.28. The number of carbonyl (C=O) groups is 2. The highest BCUT2D eigenvalue weighted by Gasteiger charge is 2.18. The van der Waals surface area contributed by atoms with Gasteiger partial charge in [-0.2, -0.15) is 4.99 Å². The average Bonchev–Trinajstić information content (AvgIpc) is 3.04. The summed E-state index contributed by atoms with van der Waals surface area (Å²) in [5, 5.41) is 0. The lowest BCUT2D eigenvalue weighted by Gasteiger charge is -2.10. The first-order valence-corrected chi connectivity index (χ1v) is 12.2. The second kappa shape index (κ2) is 9.44. The number of nitrogens with zero attached hydrogens (tertiary/aromatic N) is 2. The van der Waals surface area contributed by atoms with Gasteiger partial charge in [0.1, 0.15) is 12.3 Å². The van der Waals surface area contributed by atoms with Crippen LogP contribution in [0.4, 0.5) is 0 Å². The second-order valence-electron chi connectivity index (χ2n) is 6.70. The molecule has 0 saturated carbocycles. The molecule has 2 aromatic carbocycles. The van der Waals surface area contributed by atoms with Crippen molar-refractivity contribution in [2.75, 3.05) is 12.9 Å². The zero-order valence-electron chi connectivity index (χ0n) is 17.3. The Bertz CT molecular complexity index is 1280. The third-order valence-corrected chi connectivity index (χ3v) is 6.44. The molecule has 1 heterocycles. The van der Waals surface area contributed by atoms with Gasteiger partial charge in [-0.3, -0.25) is 9.59 Å². The molecule has 0 aliphatic carbocycles. The maximum Gasteiger partial charge on any atom is 0.326 e. The number of aromatic nitrogens is 1. The Morgan fingerprint density at radius 2 is 1.87 bits per heavy atom. The van der Waals surface area contributed by atoms with E-state index in [0.717, 1.165) is 17.6 Å². The Morgan fingerprint density at radius 3 is 2.52 bits per heavy atom. The fraction of sp³-hybridized carbons (Fsp3) is 0.286. The van der Waals surface area contributed by atoms with Crippen LogP contribution < -0.4 is 9.54 Å². The summed E-state index contributed by atoms with van der Waals surface area (Å²) in [6.07, 6.45) is 0.265. The highest BCUT2D eigenvalue weighted by atomic mass is 32.2. The quantitative estimate of drug-likeness (QED) is 0.500. The van der Waals surface area contributed by atoms with Gasteiger partial charge in [-0.15, -0.1) is 0 Å². The Morgan fingerprint density at radius 1 is 1.16 bits per heavy atom. The number of amides is 1. The predicted octanol–water partition coefficient (Wildman–Crippen LogP) is 2.56. The minimum Gasteiger partial charge on any atom is -0.481 e. The van der Waals surface area contributed by atoms with Crippen LogP contribution in [0.25, 0.3) is 10.2 Å². The van der Waals surface area contributed by atoms with Crippen LogP contribution in [0.5, 0.6) is 5.75 Å². The molecule has 0 aliphatic rings. The summed E-state index contributed by atoms with van der Waals surface area (Å²) in [4.78, 5) is 29.3. The number of rotatable bonds is 7. The summed E-state index contributed by atoms with van der Waals surface area (Å²) in [5.74, 6) is -0.486. The highest BCUT2D eigenvalue weighted by molar-refractivity contribution is 7.90. The SMILES string of the molecule is CCOC(=O)Cn1c(=NC(=O)C(C)Oc2ccccc2)sc2cc(S(C)(=O)=O)ccc21. The molecule has 1 atom stereocenters. The summed E-state index contributed by atoms with van der Waals surface area (Å²) in [6.45, 7) is 3.34. The number of sulfone groups is 1.